The highest BCUT2D eigenvalue weighted by Crippen LogP contribution is 2.31. The molecule has 0 bridgehead atoms. The molecule has 4 aromatic rings. The second-order valence-electron chi connectivity index (χ2n) is 10.0. The maximum Gasteiger partial charge on any atom is 0.253 e. The van der Waals surface area contributed by atoms with Crippen LogP contribution in [0.3, 0.4) is 0 Å². The lowest BCUT2D eigenvalue weighted by Crippen LogP contribution is -2.39. The van der Waals surface area contributed by atoms with Gasteiger partial charge in [-0.3, -0.25) is 9.69 Å². The zero-order valence-electron chi connectivity index (χ0n) is 21.0. The average Bonchev–Trinajstić information content (AvgIpc) is 3.70. The van der Waals surface area contributed by atoms with Crippen LogP contribution in [0.1, 0.15) is 54.4 Å². The van der Waals surface area contributed by atoms with Gasteiger partial charge in [-0.05, 0) is 78.8 Å². The first-order valence-electron chi connectivity index (χ1n) is 13.0. The fourth-order valence-electron chi connectivity index (χ4n) is 5.48. The number of aromatic amines is 1. The fraction of sp³-hybridized carbons (Fsp3) is 0.481. The van der Waals surface area contributed by atoms with Crippen molar-refractivity contribution in [3.05, 3.63) is 75.7 Å². The number of aryl methyl sites for hydroxylation is 1. The summed E-state index contributed by atoms with van der Waals surface area (Å²) in [5, 5.41) is 13.8. The molecule has 0 aliphatic carbocycles. The minimum absolute atomic E-state index is 0.0529. The van der Waals surface area contributed by atoms with Crippen LogP contribution in [0, 0.1) is 6.92 Å². The third-order valence-corrected chi connectivity index (χ3v) is 7.29. The number of ether oxygens (including phenoxy) is 2. The molecule has 3 aromatic heterocycles. The fourth-order valence-corrected chi connectivity index (χ4v) is 5.48. The minimum atomic E-state index is -0.514. The van der Waals surface area contributed by atoms with Gasteiger partial charge in [0, 0.05) is 30.8 Å². The number of tetrazole rings is 1. The van der Waals surface area contributed by atoms with Gasteiger partial charge in [0.15, 0.2) is 5.82 Å². The van der Waals surface area contributed by atoms with Gasteiger partial charge in [-0.15, -0.1) is 5.10 Å². The van der Waals surface area contributed by atoms with E-state index in [1.165, 1.54) is 0 Å². The van der Waals surface area contributed by atoms with Gasteiger partial charge < -0.3 is 18.9 Å². The topological polar surface area (TPSA) is 111 Å². The predicted molar refractivity (Wildman–Crippen MR) is 136 cm³/mol. The zero-order valence-corrected chi connectivity index (χ0v) is 21.0. The van der Waals surface area contributed by atoms with E-state index >= 15 is 0 Å². The summed E-state index contributed by atoms with van der Waals surface area (Å²) in [7, 11) is 0. The monoisotopic (exact) mass is 504 g/mol. The van der Waals surface area contributed by atoms with E-state index in [9.17, 15) is 4.79 Å². The van der Waals surface area contributed by atoms with Gasteiger partial charge in [-0.1, -0.05) is 11.6 Å². The maximum atomic E-state index is 13.6. The molecule has 0 amide bonds. The molecule has 5 heterocycles. The quantitative estimate of drug-likeness (QED) is 0.369. The largest absolute Gasteiger partial charge is 0.468 e. The van der Waals surface area contributed by atoms with Gasteiger partial charge in [-0.25, -0.2) is 4.68 Å². The van der Waals surface area contributed by atoms with E-state index in [4.69, 9.17) is 13.9 Å². The Morgan fingerprint density at radius 2 is 1.97 bits per heavy atom. The summed E-state index contributed by atoms with van der Waals surface area (Å²) in [5.41, 5.74) is 2.35. The number of pyridine rings is 1. The highest BCUT2D eigenvalue weighted by molar-refractivity contribution is 5.79. The molecule has 10 nitrogen and oxygen atoms in total. The molecule has 0 radical (unpaired) electrons. The van der Waals surface area contributed by atoms with Gasteiger partial charge in [0.1, 0.15) is 11.8 Å². The molecule has 2 aliphatic rings. The molecule has 194 valence electrons. The van der Waals surface area contributed by atoms with Gasteiger partial charge >= 0.3 is 0 Å². The summed E-state index contributed by atoms with van der Waals surface area (Å²) in [5.74, 6) is 1.41. The van der Waals surface area contributed by atoms with Crippen molar-refractivity contribution in [2.45, 2.75) is 63.9 Å². The number of aromatic nitrogens is 5. The molecule has 0 unspecified atom stereocenters. The number of hydrogen-bond donors (Lipinski definition) is 1. The second-order valence-corrected chi connectivity index (χ2v) is 10.0. The molecule has 2 aliphatic heterocycles. The molecular formula is C27H32N6O4. The molecular weight excluding hydrogens is 472 g/mol. The number of rotatable bonds is 9. The summed E-state index contributed by atoms with van der Waals surface area (Å²) in [6.45, 7) is 5.18. The number of furan rings is 1. The van der Waals surface area contributed by atoms with E-state index in [2.05, 4.69) is 31.5 Å². The first kappa shape index (κ1) is 24.0. The summed E-state index contributed by atoms with van der Waals surface area (Å²) >= 11 is 0. The van der Waals surface area contributed by atoms with Crippen molar-refractivity contribution in [1.29, 1.82) is 0 Å². The van der Waals surface area contributed by atoms with Crippen LogP contribution in [0.2, 0.25) is 0 Å². The van der Waals surface area contributed by atoms with E-state index in [0.717, 1.165) is 61.1 Å². The van der Waals surface area contributed by atoms with Gasteiger partial charge in [0.05, 0.1) is 31.6 Å². The van der Waals surface area contributed by atoms with Crippen molar-refractivity contribution >= 4 is 10.9 Å². The van der Waals surface area contributed by atoms with Crippen molar-refractivity contribution < 1.29 is 13.9 Å². The molecule has 6 rings (SSSR count). The Morgan fingerprint density at radius 1 is 1.14 bits per heavy atom. The van der Waals surface area contributed by atoms with Crippen molar-refractivity contribution in [3.63, 3.8) is 0 Å². The SMILES string of the molecule is Cc1ccc2[nH]c(=O)c([C@@H](c3nnnn3C[C@H]3CCCO3)N(Cc3ccco3)C[C@@H]3CCCO3)cc2c1. The van der Waals surface area contributed by atoms with Crippen LogP contribution in [-0.4, -0.2) is 62.1 Å². The molecule has 0 saturated carbocycles. The van der Waals surface area contributed by atoms with Crippen LogP contribution in [0.5, 0.6) is 0 Å². The Labute approximate surface area is 214 Å². The Hall–Kier alpha value is -3.34. The molecule has 37 heavy (non-hydrogen) atoms. The highest BCUT2D eigenvalue weighted by atomic mass is 16.5. The normalized spacial score (nSPS) is 20.8. The standard InChI is InChI=1S/C27H32N6O4/c1-18-8-9-24-19(13-18)14-23(27(34)28-24)25(26-29-30-31-33(26)17-22-7-4-12-37-22)32(15-20-5-2-10-35-20)16-21-6-3-11-36-21/h2,5,8-10,13-14,21-22,25H,3-4,6-7,11-12,15-17H2,1H3,(H,28,34)/t21-,22+,25-/m0/s1. The maximum absolute atomic E-state index is 13.6. The zero-order chi connectivity index (χ0) is 25.2. The molecule has 10 heteroatoms. The van der Waals surface area contributed by atoms with Gasteiger partial charge in [0.25, 0.3) is 5.56 Å². The molecule has 2 fully saturated rings. The van der Waals surface area contributed by atoms with E-state index in [-0.39, 0.29) is 17.8 Å². The van der Waals surface area contributed by atoms with Crippen molar-refractivity contribution in [2.24, 2.45) is 0 Å². The van der Waals surface area contributed by atoms with Gasteiger partial charge in [0.2, 0.25) is 0 Å². The lowest BCUT2D eigenvalue weighted by Gasteiger charge is -2.32. The summed E-state index contributed by atoms with van der Waals surface area (Å²) < 4.78 is 19.4. The average molecular weight is 505 g/mol. The summed E-state index contributed by atoms with van der Waals surface area (Å²) in [6.07, 6.45) is 5.76. The molecule has 3 atom stereocenters. The van der Waals surface area contributed by atoms with Crippen LogP contribution in [0.25, 0.3) is 10.9 Å². The number of fused-ring (bicyclic) bond motifs is 1. The Bertz CT molecular complexity index is 1390. The number of H-pyrrole nitrogens is 1. The number of hydrogen-bond acceptors (Lipinski definition) is 8. The number of nitrogens with one attached hydrogen (secondary N) is 1. The predicted octanol–water partition coefficient (Wildman–Crippen LogP) is 3.37. The lowest BCUT2D eigenvalue weighted by atomic mass is 10.0. The number of benzene rings is 1. The van der Waals surface area contributed by atoms with E-state index in [1.807, 2.05) is 37.3 Å². The Kier molecular flexibility index (Phi) is 6.86. The summed E-state index contributed by atoms with van der Waals surface area (Å²) in [4.78, 5) is 18.9. The lowest BCUT2D eigenvalue weighted by molar-refractivity contribution is 0.0528. The summed E-state index contributed by atoms with van der Waals surface area (Å²) in [6, 6.07) is 11.3. The Morgan fingerprint density at radius 3 is 2.73 bits per heavy atom. The van der Waals surface area contributed by atoms with Crippen LogP contribution in [0.4, 0.5) is 0 Å². The smallest absolute Gasteiger partial charge is 0.253 e. The van der Waals surface area contributed by atoms with Crippen LogP contribution in [-0.2, 0) is 22.6 Å². The van der Waals surface area contributed by atoms with E-state index < -0.39 is 6.04 Å². The van der Waals surface area contributed by atoms with E-state index in [1.54, 1.807) is 10.9 Å². The third kappa shape index (κ3) is 5.22. The first-order chi connectivity index (χ1) is 18.1. The van der Waals surface area contributed by atoms with Crippen molar-refractivity contribution in [2.75, 3.05) is 19.8 Å². The number of nitrogens with zero attached hydrogens (tertiary/aromatic N) is 5. The van der Waals surface area contributed by atoms with Crippen molar-refractivity contribution in [3.8, 4) is 0 Å². The highest BCUT2D eigenvalue weighted by Gasteiger charge is 2.34. The van der Waals surface area contributed by atoms with Crippen LogP contribution in [0.15, 0.2) is 51.9 Å². The molecule has 1 aromatic carbocycles. The molecule has 0 spiro atoms. The third-order valence-electron chi connectivity index (χ3n) is 7.29. The van der Waals surface area contributed by atoms with E-state index in [0.29, 0.717) is 31.0 Å². The Balaban J connectivity index is 1.47. The first-order valence-corrected chi connectivity index (χ1v) is 13.0. The van der Waals surface area contributed by atoms with Gasteiger partial charge in [-0.2, -0.15) is 0 Å². The van der Waals surface area contributed by atoms with Crippen LogP contribution < -0.4 is 5.56 Å². The van der Waals surface area contributed by atoms with Crippen LogP contribution >= 0.6 is 0 Å². The molecule has 2 saturated heterocycles. The van der Waals surface area contributed by atoms with Crippen molar-refractivity contribution in [1.82, 2.24) is 30.1 Å². The minimum Gasteiger partial charge on any atom is -0.468 e. The second kappa shape index (κ2) is 10.6. The molecule has 1 N–H and O–H groups in total.